The molecule has 1 aromatic heterocycles. The molecule has 9 heteroatoms. The van der Waals surface area contributed by atoms with Gasteiger partial charge in [0.2, 0.25) is 0 Å². The molecule has 2 N–H and O–H groups in total. The van der Waals surface area contributed by atoms with Gasteiger partial charge >= 0.3 is 6.18 Å². The van der Waals surface area contributed by atoms with Gasteiger partial charge in [-0.3, -0.25) is 4.79 Å². The second-order valence-electron chi connectivity index (χ2n) is 4.12. The number of nitrogens with one attached hydrogen (secondary N) is 1. The van der Waals surface area contributed by atoms with Crippen LogP contribution in [0.3, 0.4) is 0 Å². The second kappa shape index (κ2) is 5.92. The molecule has 6 nitrogen and oxygen atoms in total. The molecule has 0 bridgehead atoms. The summed E-state index contributed by atoms with van der Waals surface area (Å²) in [4.78, 5) is 12.8. The zero-order chi connectivity index (χ0) is 15.5. The Morgan fingerprint density at radius 3 is 2.62 bits per heavy atom. The lowest BCUT2D eigenvalue weighted by molar-refractivity contribution is -0.201. The maximum Gasteiger partial charge on any atom is 0.416 e. The van der Waals surface area contributed by atoms with Gasteiger partial charge in [0.25, 0.3) is 5.91 Å². The molecular formula is C12H11F3N4O2. The Hall–Kier alpha value is -2.42. The van der Waals surface area contributed by atoms with Crippen LogP contribution in [-0.4, -0.2) is 44.8 Å². The van der Waals surface area contributed by atoms with Gasteiger partial charge < -0.3 is 10.4 Å². The first-order chi connectivity index (χ1) is 9.88. The Bertz CT molecular complexity index is 612. The van der Waals surface area contributed by atoms with Crippen molar-refractivity contribution in [1.29, 1.82) is 0 Å². The van der Waals surface area contributed by atoms with Crippen molar-refractivity contribution in [3.05, 3.63) is 42.2 Å². The van der Waals surface area contributed by atoms with E-state index in [0.717, 1.165) is 6.20 Å². The van der Waals surface area contributed by atoms with Crippen LogP contribution in [0.15, 0.2) is 36.5 Å². The molecule has 2 aromatic rings. The molecule has 1 unspecified atom stereocenters. The molecule has 112 valence electrons. The Balaban J connectivity index is 2.00. The highest BCUT2D eigenvalue weighted by atomic mass is 19.4. The zero-order valence-electron chi connectivity index (χ0n) is 10.6. The fourth-order valence-electron chi connectivity index (χ4n) is 1.45. The summed E-state index contributed by atoms with van der Waals surface area (Å²) in [7, 11) is 0. The smallest absolute Gasteiger partial charge is 0.382 e. The van der Waals surface area contributed by atoms with E-state index in [1.54, 1.807) is 30.3 Å². The lowest BCUT2D eigenvalue weighted by Gasteiger charge is -2.14. The minimum absolute atomic E-state index is 0.145. The van der Waals surface area contributed by atoms with Gasteiger partial charge in [-0.15, -0.1) is 5.10 Å². The average molecular weight is 300 g/mol. The molecule has 21 heavy (non-hydrogen) atoms. The third-order valence-corrected chi connectivity index (χ3v) is 2.55. The van der Waals surface area contributed by atoms with Crippen molar-refractivity contribution < 1.29 is 23.1 Å². The number of benzene rings is 1. The van der Waals surface area contributed by atoms with E-state index in [0.29, 0.717) is 5.69 Å². The van der Waals surface area contributed by atoms with Crippen LogP contribution in [0.5, 0.6) is 0 Å². The van der Waals surface area contributed by atoms with Gasteiger partial charge in [-0.1, -0.05) is 18.2 Å². The molecule has 0 saturated heterocycles. The van der Waals surface area contributed by atoms with Crippen LogP contribution in [0.2, 0.25) is 0 Å². The van der Waals surface area contributed by atoms with Crippen LogP contribution >= 0.6 is 0 Å². The fraction of sp³-hybridized carbons (Fsp3) is 0.250. The van der Waals surface area contributed by atoms with Gasteiger partial charge in [0.1, 0.15) is 0 Å². The zero-order valence-corrected chi connectivity index (χ0v) is 10.6. The highest BCUT2D eigenvalue weighted by Gasteiger charge is 2.38. The molecule has 0 aliphatic carbocycles. The van der Waals surface area contributed by atoms with Crippen molar-refractivity contribution >= 4 is 5.91 Å². The summed E-state index contributed by atoms with van der Waals surface area (Å²) in [5.74, 6) is -0.847. The van der Waals surface area contributed by atoms with Crippen molar-refractivity contribution in [2.75, 3.05) is 6.54 Å². The first kappa shape index (κ1) is 15.0. The summed E-state index contributed by atoms with van der Waals surface area (Å²) >= 11 is 0. The molecule has 0 spiro atoms. The molecule has 1 heterocycles. The lowest BCUT2D eigenvalue weighted by Crippen LogP contribution is -2.40. The number of aliphatic hydroxyl groups excluding tert-OH is 1. The lowest BCUT2D eigenvalue weighted by atomic mass is 10.3. The first-order valence-corrected chi connectivity index (χ1v) is 5.88. The van der Waals surface area contributed by atoms with Gasteiger partial charge in [0.05, 0.1) is 18.4 Å². The summed E-state index contributed by atoms with van der Waals surface area (Å²) < 4.78 is 36.3. The Morgan fingerprint density at radius 2 is 2.00 bits per heavy atom. The van der Waals surface area contributed by atoms with E-state index in [1.807, 2.05) is 5.32 Å². The number of hydrogen-bond donors (Lipinski definition) is 2. The predicted octanol–water partition coefficient (Wildman–Crippen LogP) is 0.920. The maximum atomic E-state index is 12.1. The van der Waals surface area contributed by atoms with Crippen molar-refractivity contribution in [2.24, 2.45) is 0 Å². The Kier molecular flexibility index (Phi) is 4.22. The number of carbonyl (C=O) groups is 1. The number of halogens is 3. The largest absolute Gasteiger partial charge is 0.416 e. The normalized spacial score (nSPS) is 13.0. The molecule has 2 rings (SSSR count). The van der Waals surface area contributed by atoms with Crippen LogP contribution in [0.4, 0.5) is 13.2 Å². The van der Waals surface area contributed by atoms with E-state index in [4.69, 9.17) is 5.11 Å². The second-order valence-corrected chi connectivity index (χ2v) is 4.12. The number of carbonyl (C=O) groups excluding carboxylic acids is 1. The molecule has 1 aromatic carbocycles. The minimum Gasteiger partial charge on any atom is -0.382 e. The van der Waals surface area contributed by atoms with E-state index in [1.165, 1.54) is 4.80 Å². The van der Waals surface area contributed by atoms with E-state index in [-0.39, 0.29) is 5.69 Å². The van der Waals surface area contributed by atoms with Crippen LogP contribution in [-0.2, 0) is 0 Å². The maximum absolute atomic E-state index is 12.1. The molecular weight excluding hydrogens is 289 g/mol. The number of aliphatic hydroxyl groups is 1. The standard InChI is InChI=1S/C12H11F3N4O2/c13-12(14,15)10(20)7-16-11(21)9-6-17-19(18-9)8-4-2-1-3-5-8/h1-6,10,20H,7H2,(H,16,21). The molecule has 0 aliphatic rings. The van der Waals surface area contributed by atoms with Crippen molar-refractivity contribution in [3.63, 3.8) is 0 Å². The van der Waals surface area contributed by atoms with Gasteiger partial charge in [0.15, 0.2) is 11.8 Å². The number of rotatable bonds is 4. The molecule has 0 aliphatic heterocycles. The average Bonchev–Trinajstić information content (AvgIpc) is 2.94. The van der Waals surface area contributed by atoms with Gasteiger partial charge in [-0.2, -0.15) is 23.1 Å². The number of hydrogen-bond acceptors (Lipinski definition) is 4. The van der Waals surface area contributed by atoms with Crippen LogP contribution < -0.4 is 5.32 Å². The molecule has 0 fully saturated rings. The van der Waals surface area contributed by atoms with Crippen molar-refractivity contribution in [2.45, 2.75) is 12.3 Å². The van der Waals surface area contributed by atoms with Gasteiger partial charge in [-0.05, 0) is 12.1 Å². The van der Waals surface area contributed by atoms with E-state index >= 15 is 0 Å². The first-order valence-electron chi connectivity index (χ1n) is 5.88. The quantitative estimate of drug-likeness (QED) is 0.880. The van der Waals surface area contributed by atoms with E-state index < -0.39 is 24.7 Å². The third kappa shape index (κ3) is 3.78. The number of alkyl halides is 3. The topological polar surface area (TPSA) is 80.0 Å². The van der Waals surface area contributed by atoms with Crippen LogP contribution in [0.1, 0.15) is 10.5 Å². The van der Waals surface area contributed by atoms with Crippen LogP contribution in [0, 0.1) is 0 Å². The molecule has 1 atom stereocenters. The van der Waals surface area contributed by atoms with E-state index in [2.05, 4.69) is 10.2 Å². The van der Waals surface area contributed by atoms with Crippen molar-refractivity contribution in [1.82, 2.24) is 20.3 Å². The SMILES string of the molecule is O=C(NCC(O)C(F)(F)F)c1cnn(-c2ccccc2)n1. The van der Waals surface area contributed by atoms with Gasteiger partial charge in [-0.25, -0.2) is 0 Å². The molecule has 1 amide bonds. The fourth-order valence-corrected chi connectivity index (χ4v) is 1.45. The van der Waals surface area contributed by atoms with Crippen LogP contribution in [0.25, 0.3) is 5.69 Å². The molecule has 0 saturated carbocycles. The summed E-state index contributed by atoms with van der Waals surface area (Å²) in [6.07, 6.45) is -6.28. The van der Waals surface area contributed by atoms with E-state index in [9.17, 15) is 18.0 Å². The summed E-state index contributed by atoms with van der Waals surface area (Å²) in [6, 6.07) is 8.69. The summed E-state index contributed by atoms with van der Waals surface area (Å²) in [5.41, 5.74) is 0.458. The monoisotopic (exact) mass is 300 g/mol. The summed E-state index contributed by atoms with van der Waals surface area (Å²) in [6.45, 7) is -0.944. The molecule has 0 radical (unpaired) electrons. The number of amides is 1. The number of nitrogens with zero attached hydrogens (tertiary/aromatic N) is 3. The highest BCUT2D eigenvalue weighted by molar-refractivity contribution is 5.91. The number of para-hydroxylation sites is 1. The highest BCUT2D eigenvalue weighted by Crippen LogP contribution is 2.19. The third-order valence-electron chi connectivity index (χ3n) is 2.55. The predicted molar refractivity (Wildman–Crippen MR) is 65.8 cm³/mol. The minimum atomic E-state index is -4.78. The van der Waals surface area contributed by atoms with Crippen molar-refractivity contribution in [3.8, 4) is 5.69 Å². The Morgan fingerprint density at radius 1 is 1.33 bits per heavy atom. The Labute approximate surface area is 117 Å². The summed E-state index contributed by atoms with van der Waals surface area (Å²) in [5, 5.41) is 18.4. The number of aromatic nitrogens is 3. The van der Waals surface area contributed by atoms with Gasteiger partial charge in [0, 0.05) is 0 Å².